The van der Waals surface area contributed by atoms with E-state index in [9.17, 15) is 9.59 Å². The van der Waals surface area contributed by atoms with Gasteiger partial charge in [0.15, 0.2) is 0 Å². The summed E-state index contributed by atoms with van der Waals surface area (Å²) in [5.41, 5.74) is 0. The molecule has 1 aromatic rings. The van der Waals surface area contributed by atoms with Crippen molar-refractivity contribution in [3.8, 4) is 0 Å². The van der Waals surface area contributed by atoms with E-state index < -0.39 is 6.04 Å². The molecule has 0 aliphatic carbocycles. The third-order valence-corrected chi connectivity index (χ3v) is 4.37. The normalized spacial score (nSPS) is 18.6. The van der Waals surface area contributed by atoms with Crippen molar-refractivity contribution in [2.24, 2.45) is 5.92 Å². The molecule has 0 aromatic carbocycles. The maximum absolute atomic E-state index is 11.9. The largest absolute Gasteiger partial charge is 0.354 e. The third kappa shape index (κ3) is 5.65. The van der Waals surface area contributed by atoms with E-state index >= 15 is 0 Å². The summed E-state index contributed by atoms with van der Waals surface area (Å²) < 4.78 is 0. The maximum Gasteiger partial charge on any atom is 0.261 e. The smallest absolute Gasteiger partial charge is 0.261 e. The van der Waals surface area contributed by atoms with Crippen molar-refractivity contribution in [1.82, 2.24) is 16.0 Å². The van der Waals surface area contributed by atoms with Crippen LogP contribution in [0, 0.1) is 5.92 Å². The predicted octanol–water partition coefficient (Wildman–Crippen LogP) is 1.40. The highest BCUT2D eigenvalue weighted by atomic mass is 35.5. The minimum atomic E-state index is -0.508. The molecule has 1 aliphatic heterocycles. The molecule has 21 heavy (non-hydrogen) atoms. The molecule has 2 rings (SSSR count). The molecule has 0 spiro atoms. The van der Waals surface area contributed by atoms with Gasteiger partial charge in [-0.1, -0.05) is 6.07 Å². The minimum absolute atomic E-state index is 0. The standard InChI is InChI=1S/C14H21N3O2S.ClH/c1-10(17-14(19)12-3-2-8-20-12)13(18)16-7-5-11-4-6-15-9-11;/h2-3,8,10-11,15H,4-7,9H2,1H3,(H,16,18)(H,17,19);1H. The SMILES string of the molecule is CC(NC(=O)c1cccs1)C(=O)NCCC1CCNC1.Cl. The first-order chi connectivity index (χ1) is 9.66. The molecule has 3 N–H and O–H groups in total. The summed E-state index contributed by atoms with van der Waals surface area (Å²) in [4.78, 5) is 24.3. The van der Waals surface area contributed by atoms with Crippen molar-refractivity contribution in [3.05, 3.63) is 22.4 Å². The Morgan fingerprint density at radius 1 is 1.52 bits per heavy atom. The van der Waals surface area contributed by atoms with Gasteiger partial charge in [-0.05, 0) is 50.2 Å². The zero-order valence-corrected chi connectivity index (χ0v) is 13.7. The lowest BCUT2D eigenvalue weighted by atomic mass is 10.1. The van der Waals surface area contributed by atoms with Crippen LogP contribution in [-0.2, 0) is 4.79 Å². The molecule has 0 saturated carbocycles. The number of hydrogen-bond acceptors (Lipinski definition) is 4. The summed E-state index contributed by atoms with van der Waals surface area (Å²) in [6.07, 6.45) is 2.17. The lowest BCUT2D eigenvalue weighted by Crippen LogP contribution is -2.45. The van der Waals surface area contributed by atoms with Crippen LogP contribution in [-0.4, -0.2) is 37.5 Å². The summed E-state index contributed by atoms with van der Waals surface area (Å²) in [7, 11) is 0. The first-order valence-corrected chi connectivity index (χ1v) is 7.87. The number of carbonyl (C=O) groups is 2. The highest BCUT2D eigenvalue weighted by Crippen LogP contribution is 2.11. The van der Waals surface area contributed by atoms with E-state index in [0.717, 1.165) is 19.5 Å². The molecular weight excluding hydrogens is 310 g/mol. The van der Waals surface area contributed by atoms with Crippen molar-refractivity contribution >= 4 is 35.6 Å². The second kappa shape index (κ2) is 9.02. The van der Waals surface area contributed by atoms with Gasteiger partial charge in [-0.3, -0.25) is 9.59 Å². The van der Waals surface area contributed by atoms with Crippen molar-refractivity contribution in [3.63, 3.8) is 0 Å². The first kappa shape index (κ1) is 17.9. The van der Waals surface area contributed by atoms with Gasteiger partial charge in [0.05, 0.1) is 4.88 Å². The highest BCUT2D eigenvalue weighted by molar-refractivity contribution is 7.12. The van der Waals surface area contributed by atoms with Gasteiger partial charge < -0.3 is 16.0 Å². The highest BCUT2D eigenvalue weighted by Gasteiger charge is 2.18. The molecule has 2 amide bonds. The molecule has 2 heterocycles. The molecule has 5 nitrogen and oxygen atoms in total. The lowest BCUT2D eigenvalue weighted by Gasteiger charge is -2.14. The van der Waals surface area contributed by atoms with Crippen molar-refractivity contribution in [2.45, 2.75) is 25.8 Å². The second-order valence-corrected chi connectivity index (χ2v) is 6.06. The number of carbonyl (C=O) groups excluding carboxylic acids is 2. The Hall–Kier alpha value is -1.11. The average Bonchev–Trinajstić information content (AvgIpc) is 3.11. The lowest BCUT2D eigenvalue weighted by molar-refractivity contribution is -0.122. The number of thiophene rings is 1. The van der Waals surface area contributed by atoms with Crippen LogP contribution < -0.4 is 16.0 Å². The average molecular weight is 332 g/mol. The van der Waals surface area contributed by atoms with Crippen LogP contribution >= 0.6 is 23.7 Å². The van der Waals surface area contributed by atoms with Crippen LogP contribution in [0.5, 0.6) is 0 Å². The summed E-state index contributed by atoms with van der Waals surface area (Å²) in [6, 6.07) is 3.06. The van der Waals surface area contributed by atoms with Gasteiger partial charge in [0.25, 0.3) is 5.91 Å². The molecule has 2 atom stereocenters. The van der Waals surface area contributed by atoms with E-state index in [0.29, 0.717) is 17.3 Å². The Kier molecular flexibility index (Phi) is 7.71. The summed E-state index contributed by atoms with van der Waals surface area (Å²) >= 11 is 1.37. The van der Waals surface area contributed by atoms with Gasteiger partial charge in [-0.25, -0.2) is 0 Å². The van der Waals surface area contributed by atoms with Crippen LogP contribution in [0.1, 0.15) is 29.4 Å². The molecule has 0 bridgehead atoms. The Balaban J connectivity index is 0.00000220. The number of hydrogen-bond donors (Lipinski definition) is 3. The van der Waals surface area contributed by atoms with Gasteiger partial charge >= 0.3 is 0 Å². The molecular formula is C14H22ClN3O2S. The monoisotopic (exact) mass is 331 g/mol. The van der Waals surface area contributed by atoms with Crippen LogP contribution in [0.3, 0.4) is 0 Å². The Bertz CT molecular complexity index is 447. The van der Waals surface area contributed by atoms with Crippen molar-refractivity contribution in [1.29, 1.82) is 0 Å². The van der Waals surface area contributed by atoms with E-state index in [1.54, 1.807) is 13.0 Å². The molecule has 7 heteroatoms. The maximum atomic E-state index is 11.9. The fraction of sp³-hybridized carbons (Fsp3) is 0.571. The molecule has 1 aromatic heterocycles. The van der Waals surface area contributed by atoms with Crippen LogP contribution in [0.2, 0.25) is 0 Å². The van der Waals surface area contributed by atoms with Gasteiger partial charge in [-0.15, -0.1) is 23.7 Å². The topological polar surface area (TPSA) is 70.2 Å². The second-order valence-electron chi connectivity index (χ2n) is 5.11. The fourth-order valence-corrected chi connectivity index (χ4v) is 2.88. The van der Waals surface area contributed by atoms with E-state index in [1.165, 1.54) is 17.8 Å². The minimum Gasteiger partial charge on any atom is -0.354 e. The van der Waals surface area contributed by atoms with E-state index in [-0.39, 0.29) is 24.2 Å². The quantitative estimate of drug-likeness (QED) is 0.738. The van der Waals surface area contributed by atoms with E-state index in [4.69, 9.17) is 0 Å². The van der Waals surface area contributed by atoms with Crippen LogP contribution in [0.4, 0.5) is 0 Å². The van der Waals surface area contributed by atoms with E-state index in [2.05, 4.69) is 16.0 Å². The molecule has 1 aliphatic rings. The Morgan fingerprint density at radius 2 is 2.33 bits per heavy atom. The molecule has 118 valence electrons. The number of amides is 2. The van der Waals surface area contributed by atoms with Gasteiger partial charge in [0.2, 0.25) is 5.91 Å². The zero-order valence-electron chi connectivity index (χ0n) is 12.1. The summed E-state index contributed by atoms with van der Waals surface area (Å²) in [6.45, 7) is 4.49. The summed E-state index contributed by atoms with van der Waals surface area (Å²) in [5.74, 6) is 0.342. The first-order valence-electron chi connectivity index (χ1n) is 6.99. The molecule has 1 saturated heterocycles. The van der Waals surface area contributed by atoms with Crippen molar-refractivity contribution in [2.75, 3.05) is 19.6 Å². The van der Waals surface area contributed by atoms with Crippen LogP contribution in [0.25, 0.3) is 0 Å². The zero-order chi connectivity index (χ0) is 14.4. The third-order valence-electron chi connectivity index (χ3n) is 3.50. The Morgan fingerprint density at radius 3 is 2.95 bits per heavy atom. The van der Waals surface area contributed by atoms with Crippen LogP contribution in [0.15, 0.2) is 17.5 Å². The number of halogens is 1. The molecule has 0 radical (unpaired) electrons. The predicted molar refractivity (Wildman–Crippen MR) is 87.1 cm³/mol. The number of nitrogens with one attached hydrogen (secondary N) is 3. The van der Waals surface area contributed by atoms with E-state index in [1.807, 2.05) is 11.4 Å². The molecule has 1 fully saturated rings. The molecule has 2 unspecified atom stereocenters. The van der Waals surface area contributed by atoms with Gasteiger partial charge in [0.1, 0.15) is 6.04 Å². The Labute approximate surface area is 135 Å². The van der Waals surface area contributed by atoms with Gasteiger partial charge in [-0.2, -0.15) is 0 Å². The number of rotatable bonds is 6. The fourth-order valence-electron chi connectivity index (χ4n) is 2.25. The van der Waals surface area contributed by atoms with Gasteiger partial charge in [0, 0.05) is 6.54 Å². The van der Waals surface area contributed by atoms with Crippen molar-refractivity contribution < 1.29 is 9.59 Å². The summed E-state index contributed by atoms with van der Waals surface area (Å²) in [5, 5.41) is 10.7.